The molecule has 5 bridgehead atoms. The number of amides is 1. The van der Waals surface area contributed by atoms with Gasteiger partial charge in [-0.05, 0) is 51.5 Å². The highest BCUT2D eigenvalue weighted by molar-refractivity contribution is 6.33. The molecule has 0 saturated carbocycles. The van der Waals surface area contributed by atoms with E-state index in [1.165, 1.54) is 46.3 Å². The SMILES string of the molecule is COC1C=COC2(C)Oc3c(C)c(OC(=O)c4ccc(C)cc4)c4c(c3C2=O)C(=O)C(Cc2ccc(C)cc2)=C(NC(=O)C(C)=CC=CC(C)C(O)C(C)C(O)C(C)C(O)C1C)C4=O. The number of rotatable bonds is 5. The van der Waals surface area contributed by atoms with Crippen molar-refractivity contribution < 1.29 is 58.2 Å². The molecule has 9 atom stereocenters. The molecule has 0 spiro atoms. The van der Waals surface area contributed by atoms with Crippen LogP contribution in [0.5, 0.6) is 11.5 Å². The number of hydrogen-bond donors (Lipinski definition) is 4. The Morgan fingerprint density at radius 3 is 1.98 bits per heavy atom. The van der Waals surface area contributed by atoms with E-state index in [0.717, 1.165) is 11.1 Å². The molecule has 3 aliphatic heterocycles. The molecule has 338 valence electrons. The van der Waals surface area contributed by atoms with Crippen LogP contribution in [-0.2, 0) is 20.7 Å². The number of nitrogens with one attached hydrogen (secondary N) is 1. The summed E-state index contributed by atoms with van der Waals surface area (Å²) in [6.07, 6.45) is 3.12. The topological polar surface area (TPSA) is 195 Å². The maximum atomic E-state index is 15.2. The fourth-order valence-electron chi connectivity index (χ4n) is 8.40. The molecule has 13 heteroatoms. The van der Waals surface area contributed by atoms with Crippen molar-refractivity contribution in [3.63, 3.8) is 0 Å². The van der Waals surface area contributed by atoms with E-state index >= 15 is 9.59 Å². The number of carbonyl (C=O) groups excluding carboxylic acids is 5. The zero-order valence-corrected chi connectivity index (χ0v) is 37.8. The third kappa shape index (κ3) is 9.16. The van der Waals surface area contributed by atoms with Gasteiger partial charge in [-0.2, -0.15) is 0 Å². The molecule has 13 nitrogen and oxygen atoms in total. The lowest BCUT2D eigenvalue weighted by Gasteiger charge is -2.36. The summed E-state index contributed by atoms with van der Waals surface area (Å²) in [5.41, 5.74) is 1.25. The van der Waals surface area contributed by atoms with E-state index in [1.807, 2.05) is 26.0 Å². The fourth-order valence-corrected chi connectivity index (χ4v) is 8.40. The third-order valence-electron chi connectivity index (χ3n) is 12.8. The Kier molecular flexibility index (Phi) is 14.1. The van der Waals surface area contributed by atoms with Crippen molar-refractivity contribution in [2.75, 3.05) is 7.11 Å². The van der Waals surface area contributed by atoms with Crippen LogP contribution in [-0.4, -0.2) is 81.9 Å². The normalized spacial score (nSPS) is 27.8. The third-order valence-corrected chi connectivity index (χ3v) is 12.8. The average molecular weight is 876 g/mol. The molecule has 1 aliphatic carbocycles. The van der Waals surface area contributed by atoms with Gasteiger partial charge in [0.05, 0.1) is 58.6 Å². The summed E-state index contributed by atoms with van der Waals surface area (Å²) in [7, 11) is 1.43. The number of methoxy groups -OCH3 is 1. The Morgan fingerprint density at radius 1 is 0.766 bits per heavy atom. The summed E-state index contributed by atoms with van der Waals surface area (Å²) < 4.78 is 24.0. The van der Waals surface area contributed by atoms with Gasteiger partial charge in [0.25, 0.3) is 11.7 Å². The lowest BCUT2D eigenvalue weighted by molar-refractivity contribution is -0.116. The fraction of sp³-hybridized carbons (Fsp3) is 0.392. The largest absolute Gasteiger partial charge is 0.454 e. The van der Waals surface area contributed by atoms with Gasteiger partial charge in [-0.15, -0.1) is 0 Å². The molecule has 4 N–H and O–H groups in total. The molecule has 0 saturated heterocycles. The lowest BCUT2D eigenvalue weighted by atomic mass is 9.78. The number of benzene rings is 3. The first-order chi connectivity index (χ1) is 30.2. The maximum absolute atomic E-state index is 15.2. The summed E-state index contributed by atoms with van der Waals surface area (Å²) in [5.74, 6) is -9.22. The van der Waals surface area contributed by atoms with Crippen LogP contribution < -0.4 is 14.8 Å². The molecule has 64 heavy (non-hydrogen) atoms. The number of fused-ring (bicyclic) bond motifs is 14. The highest BCUT2D eigenvalue weighted by Gasteiger charge is 2.53. The number of ether oxygens (including phenoxy) is 4. The molecule has 3 aromatic carbocycles. The first kappa shape index (κ1) is 47.5. The highest BCUT2D eigenvalue weighted by Crippen LogP contribution is 2.49. The van der Waals surface area contributed by atoms with Crippen LogP contribution >= 0.6 is 0 Å². The molecule has 0 aromatic heterocycles. The first-order valence-corrected chi connectivity index (χ1v) is 21.4. The van der Waals surface area contributed by atoms with Crippen LogP contribution in [0.15, 0.2) is 95.9 Å². The van der Waals surface area contributed by atoms with Crippen LogP contribution in [0.3, 0.4) is 0 Å². The molecule has 0 radical (unpaired) electrons. The second-order valence-electron chi connectivity index (χ2n) is 17.5. The van der Waals surface area contributed by atoms with Crippen molar-refractivity contribution in [3.05, 3.63) is 140 Å². The molecule has 1 amide bonds. The van der Waals surface area contributed by atoms with E-state index in [-0.39, 0.29) is 57.0 Å². The van der Waals surface area contributed by atoms with Gasteiger partial charge in [-0.25, -0.2) is 4.79 Å². The first-order valence-electron chi connectivity index (χ1n) is 21.4. The minimum Gasteiger partial charge on any atom is -0.454 e. The molecule has 9 unspecified atom stereocenters. The maximum Gasteiger partial charge on any atom is 0.343 e. The Morgan fingerprint density at radius 2 is 1.36 bits per heavy atom. The Hall–Kier alpha value is -5.99. The second-order valence-corrected chi connectivity index (χ2v) is 17.5. The van der Waals surface area contributed by atoms with E-state index in [0.29, 0.717) is 5.56 Å². The summed E-state index contributed by atoms with van der Waals surface area (Å²) in [6.45, 7) is 14.9. The summed E-state index contributed by atoms with van der Waals surface area (Å²) in [4.78, 5) is 72.9. The second kappa shape index (κ2) is 19.0. The Balaban J connectivity index is 1.56. The molecule has 4 aliphatic rings. The van der Waals surface area contributed by atoms with E-state index < -0.39 is 88.7 Å². The number of aliphatic hydroxyl groups is 3. The van der Waals surface area contributed by atoms with E-state index in [2.05, 4.69) is 5.32 Å². The van der Waals surface area contributed by atoms with E-state index in [9.17, 15) is 29.7 Å². The summed E-state index contributed by atoms with van der Waals surface area (Å²) in [6, 6.07) is 13.8. The van der Waals surface area contributed by atoms with Crippen LogP contribution in [0.2, 0.25) is 0 Å². The van der Waals surface area contributed by atoms with Crippen LogP contribution in [0, 0.1) is 44.4 Å². The molecule has 3 heterocycles. The van der Waals surface area contributed by atoms with Gasteiger partial charge in [-0.3, -0.25) is 19.2 Å². The van der Waals surface area contributed by atoms with Gasteiger partial charge < -0.3 is 39.6 Å². The van der Waals surface area contributed by atoms with Crippen molar-refractivity contribution in [3.8, 4) is 11.5 Å². The number of Topliss-reactive ketones (excluding diaryl/α,β-unsaturated/α-hetero) is 3. The molecule has 7 rings (SSSR count). The van der Waals surface area contributed by atoms with Crippen molar-refractivity contribution >= 4 is 29.2 Å². The number of ketones is 3. The molecule has 3 aromatic rings. The smallest absolute Gasteiger partial charge is 0.343 e. The minimum absolute atomic E-state index is 0.0454. The number of allylic oxidation sites excluding steroid dienone is 4. The predicted octanol–water partition coefficient (Wildman–Crippen LogP) is 6.80. The van der Waals surface area contributed by atoms with Crippen LogP contribution in [0.4, 0.5) is 0 Å². The minimum atomic E-state index is -2.12. The van der Waals surface area contributed by atoms with Gasteiger partial charge in [0, 0.05) is 60.8 Å². The Labute approximate surface area is 373 Å². The zero-order valence-electron chi connectivity index (χ0n) is 37.8. The van der Waals surface area contributed by atoms with Crippen molar-refractivity contribution in [2.24, 2.45) is 23.7 Å². The molecular weight excluding hydrogens is 819 g/mol. The standard InChI is InChI=1S/C51H57NO12/c1-25-14-18-33(19-15-25)24-35-40-45(57)38-37(44(35)56)39-47(32(8)46(38)63-50(60)34-20-16-26(2)17-21-34)64-51(9,48(39)58)62-23-22-36(61-10)29(5)42(54)31(7)43(55)30(6)41(53)27(3)12-11-13-28(4)49(59)52-40/h11-23,27,29-31,36,41-43,53-55H,24H2,1-10H3,(H,52,59). The Bertz CT molecular complexity index is 2480. The number of hydrogen-bond acceptors (Lipinski definition) is 12. The molecular formula is C51H57NO12. The van der Waals surface area contributed by atoms with Gasteiger partial charge in [0.2, 0.25) is 5.78 Å². The lowest BCUT2D eigenvalue weighted by Crippen LogP contribution is -2.45. The zero-order chi connectivity index (χ0) is 46.9. The monoisotopic (exact) mass is 875 g/mol. The highest BCUT2D eigenvalue weighted by atomic mass is 16.7. The predicted molar refractivity (Wildman–Crippen MR) is 238 cm³/mol. The van der Waals surface area contributed by atoms with E-state index in [4.69, 9.17) is 18.9 Å². The summed E-state index contributed by atoms with van der Waals surface area (Å²) >= 11 is 0. The molecule has 0 fully saturated rings. The van der Waals surface area contributed by atoms with Gasteiger partial charge in [0.1, 0.15) is 11.5 Å². The van der Waals surface area contributed by atoms with E-state index in [1.54, 1.807) is 76.2 Å². The summed E-state index contributed by atoms with van der Waals surface area (Å²) in [5, 5.41) is 36.8. The van der Waals surface area contributed by atoms with Crippen molar-refractivity contribution in [1.82, 2.24) is 5.32 Å². The number of aliphatic hydroxyl groups excluding tert-OH is 3. The quantitative estimate of drug-likeness (QED) is 0.155. The number of carbonyl (C=O) groups is 5. The van der Waals surface area contributed by atoms with Crippen molar-refractivity contribution in [2.45, 2.75) is 98.9 Å². The number of aryl methyl sites for hydroxylation is 2. The van der Waals surface area contributed by atoms with Gasteiger partial charge in [0.15, 0.2) is 5.78 Å². The van der Waals surface area contributed by atoms with Gasteiger partial charge >= 0.3 is 11.8 Å². The van der Waals surface area contributed by atoms with Crippen molar-refractivity contribution in [1.29, 1.82) is 0 Å². The average Bonchev–Trinajstić information content (AvgIpc) is 3.54. The van der Waals surface area contributed by atoms with Gasteiger partial charge in [-0.1, -0.05) is 93.4 Å². The van der Waals surface area contributed by atoms with Crippen LogP contribution in [0.1, 0.15) is 105 Å². The van der Waals surface area contributed by atoms with Crippen LogP contribution in [0.25, 0.3) is 0 Å². The number of esters is 1.